The van der Waals surface area contributed by atoms with E-state index in [2.05, 4.69) is 0 Å². The fourth-order valence-electron chi connectivity index (χ4n) is 3.99. The van der Waals surface area contributed by atoms with E-state index in [1.807, 2.05) is 11.0 Å². The summed E-state index contributed by atoms with van der Waals surface area (Å²) in [7, 11) is 1.41. The highest BCUT2D eigenvalue weighted by Gasteiger charge is 2.55. The van der Waals surface area contributed by atoms with Crippen LogP contribution in [0, 0.1) is 32.8 Å². The van der Waals surface area contributed by atoms with E-state index in [9.17, 15) is 14.9 Å². The van der Waals surface area contributed by atoms with Crippen molar-refractivity contribution in [2.45, 2.75) is 19.3 Å². The van der Waals surface area contributed by atoms with Gasteiger partial charge in [-0.2, -0.15) is 5.26 Å². The summed E-state index contributed by atoms with van der Waals surface area (Å²) in [4.78, 5) is 24.7. The molecule has 2 atom stereocenters. The van der Waals surface area contributed by atoms with Gasteiger partial charge in [-0.05, 0) is 30.9 Å². The van der Waals surface area contributed by atoms with E-state index in [1.54, 1.807) is 6.07 Å². The predicted molar refractivity (Wildman–Crippen MR) is 81.8 cm³/mol. The molecule has 0 amide bonds. The van der Waals surface area contributed by atoms with Crippen molar-refractivity contribution >= 4 is 17.3 Å². The molecule has 1 saturated heterocycles. The number of esters is 1. The van der Waals surface area contributed by atoms with Gasteiger partial charge in [0.15, 0.2) is 0 Å². The van der Waals surface area contributed by atoms with Gasteiger partial charge in [-0.3, -0.25) is 14.9 Å². The third-order valence-electron chi connectivity index (χ3n) is 5.13. The number of benzene rings is 1. The van der Waals surface area contributed by atoms with Crippen molar-refractivity contribution in [3.63, 3.8) is 0 Å². The summed E-state index contributed by atoms with van der Waals surface area (Å²) in [5, 5.41) is 20.1. The van der Waals surface area contributed by atoms with Crippen LogP contribution in [0.3, 0.4) is 0 Å². The molecule has 0 radical (unpaired) electrons. The molecule has 0 spiro atoms. The van der Waals surface area contributed by atoms with Crippen LogP contribution in [0.15, 0.2) is 18.2 Å². The number of methoxy groups -OCH3 is 1. The largest absolute Gasteiger partial charge is 0.469 e. The standard InChI is InChI=1S/C16H17N3O4/c1-23-15(20)16-6-2-3-12(16)9-18(10-16)13-4-5-14(19(21)22)11(7-13)8-17/h4-5,7,12H,2-3,6,9-10H2,1H3/t12-,16-/m1/s1. The summed E-state index contributed by atoms with van der Waals surface area (Å²) in [6.45, 7) is 1.24. The maximum absolute atomic E-state index is 12.3. The van der Waals surface area contributed by atoms with Gasteiger partial charge in [-0.1, -0.05) is 6.42 Å². The molecule has 1 saturated carbocycles. The van der Waals surface area contributed by atoms with Gasteiger partial charge in [0.1, 0.15) is 11.6 Å². The third-order valence-corrected chi connectivity index (χ3v) is 5.13. The number of nitro benzene ring substituents is 1. The Morgan fingerprint density at radius 1 is 1.57 bits per heavy atom. The summed E-state index contributed by atoms with van der Waals surface area (Å²) in [6.07, 6.45) is 2.79. The van der Waals surface area contributed by atoms with Gasteiger partial charge < -0.3 is 9.64 Å². The number of anilines is 1. The number of nitriles is 1. The van der Waals surface area contributed by atoms with Crippen LogP contribution in [-0.4, -0.2) is 31.1 Å². The second-order valence-electron chi connectivity index (χ2n) is 6.19. The molecule has 0 N–H and O–H groups in total. The summed E-state index contributed by atoms with van der Waals surface area (Å²) in [5.74, 6) is 0.0561. The maximum atomic E-state index is 12.3. The Morgan fingerprint density at radius 2 is 2.35 bits per heavy atom. The third kappa shape index (κ3) is 2.31. The van der Waals surface area contributed by atoms with Gasteiger partial charge in [0, 0.05) is 24.8 Å². The molecule has 2 aliphatic rings. The zero-order valence-corrected chi connectivity index (χ0v) is 12.8. The van der Waals surface area contributed by atoms with Gasteiger partial charge in [0.05, 0.1) is 17.4 Å². The topological polar surface area (TPSA) is 96.5 Å². The average molecular weight is 315 g/mol. The highest BCUT2D eigenvalue weighted by Crippen LogP contribution is 2.50. The first-order chi connectivity index (χ1) is 11.0. The Kier molecular flexibility index (Phi) is 3.68. The molecule has 0 aromatic heterocycles. The van der Waals surface area contributed by atoms with Crippen LogP contribution in [0.2, 0.25) is 0 Å². The Bertz CT molecular complexity index is 712. The van der Waals surface area contributed by atoms with Crippen LogP contribution in [0.4, 0.5) is 11.4 Å². The van der Waals surface area contributed by atoms with Crippen LogP contribution < -0.4 is 4.90 Å². The number of ether oxygens (including phenoxy) is 1. The molecular formula is C16H17N3O4. The lowest BCUT2D eigenvalue weighted by atomic mass is 9.81. The average Bonchev–Trinajstić information content (AvgIpc) is 3.11. The Hall–Kier alpha value is -2.62. The minimum Gasteiger partial charge on any atom is -0.469 e. The van der Waals surface area contributed by atoms with Crippen LogP contribution in [0.1, 0.15) is 24.8 Å². The van der Waals surface area contributed by atoms with E-state index in [-0.39, 0.29) is 23.1 Å². The van der Waals surface area contributed by atoms with E-state index < -0.39 is 10.3 Å². The molecular weight excluding hydrogens is 298 g/mol. The van der Waals surface area contributed by atoms with E-state index in [4.69, 9.17) is 10.00 Å². The first kappa shape index (κ1) is 15.3. The summed E-state index contributed by atoms with van der Waals surface area (Å²) < 4.78 is 5.01. The quantitative estimate of drug-likeness (QED) is 0.482. The van der Waals surface area contributed by atoms with Gasteiger partial charge >= 0.3 is 5.97 Å². The fraction of sp³-hybridized carbons (Fsp3) is 0.500. The van der Waals surface area contributed by atoms with Crippen molar-refractivity contribution in [1.29, 1.82) is 5.26 Å². The molecule has 7 heteroatoms. The molecule has 1 aromatic carbocycles. The Labute approximate surface area is 133 Å². The van der Waals surface area contributed by atoms with E-state index >= 15 is 0 Å². The number of carbonyl (C=O) groups excluding carboxylic acids is 1. The summed E-state index contributed by atoms with van der Waals surface area (Å²) in [5.41, 5.74) is 0.100. The summed E-state index contributed by atoms with van der Waals surface area (Å²) in [6, 6.07) is 6.40. The van der Waals surface area contributed by atoms with Crippen molar-refractivity contribution in [2.75, 3.05) is 25.1 Å². The van der Waals surface area contributed by atoms with E-state index in [0.29, 0.717) is 13.1 Å². The molecule has 2 fully saturated rings. The second-order valence-corrected chi connectivity index (χ2v) is 6.19. The molecule has 0 unspecified atom stereocenters. The number of hydrogen-bond acceptors (Lipinski definition) is 6. The minimum absolute atomic E-state index is 0.0386. The summed E-state index contributed by atoms with van der Waals surface area (Å²) >= 11 is 0. The first-order valence-electron chi connectivity index (χ1n) is 7.54. The van der Waals surface area contributed by atoms with Crippen molar-refractivity contribution in [2.24, 2.45) is 11.3 Å². The molecule has 1 aliphatic heterocycles. The molecule has 1 aromatic rings. The highest BCUT2D eigenvalue weighted by molar-refractivity contribution is 5.80. The van der Waals surface area contributed by atoms with Crippen LogP contribution in [0.25, 0.3) is 0 Å². The smallest absolute Gasteiger partial charge is 0.313 e. The highest BCUT2D eigenvalue weighted by atomic mass is 16.6. The van der Waals surface area contributed by atoms with Crippen molar-refractivity contribution in [3.05, 3.63) is 33.9 Å². The molecule has 7 nitrogen and oxygen atoms in total. The predicted octanol–water partition coefficient (Wildman–Crippen LogP) is 2.25. The van der Waals surface area contributed by atoms with Gasteiger partial charge in [-0.15, -0.1) is 0 Å². The number of carbonyl (C=O) groups is 1. The zero-order valence-electron chi connectivity index (χ0n) is 12.8. The number of fused-ring (bicyclic) bond motifs is 1. The van der Waals surface area contributed by atoms with E-state index in [0.717, 1.165) is 24.9 Å². The molecule has 1 heterocycles. The van der Waals surface area contributed by atoms with E-state index in [1.165, 1.54) is 19.2 Å². The normalized spacial score (nSPS) is 25.7. The Morgan fingerprint density at radius 3 is 3.00 bits per heavy atom. The molecule has 1 aliphatic carbocycles. The molecule has 0 bridgehead atoms. The second kappa shape index (κ2) is 5.54. The minimum atomic E-state index is -0.559. The maximum Gasteiger partial charge on any atom is 0.313 e. The zero-order chi connectivity index (χ0) is 16.6. The number of rotatable bonds is 3. The number of hydrogen-bond donors (Lipinski definition) is 0. The lowest BCUT2D eigenvalue weighted by Crippen LogP contribution is -2.36. The van der Waals surface area contributed by atoms with Crippen LogP contribution >= 0.6 is 0 Å². The lowest BCUT2D eigenvalue weighted by molar-refractivity contribution is -0.385. The van der Waals surface area contributed by atoms with Gasteiger partial charge in [0.25, 0.3) is 5.69 Å². The number of nitrogens with zero attached hydrogens (tertiary/aromatic N) is 3. The molecule has 3 rings (SSSR count). The SMILES string of the molecule is COC(=O)[C@@]12CCC[C@@H]1CN(c1ccc([N+](=O)[O-])c(C#N)c1)C2. The van der Waals surface area contributed by atoms with Gasteiger partial charge in [-0.25, -0.2) is 0 Å². The molecule has 120 valence electrons. The van der Waals surface area contributed by atoms with Crippen LogP contribution in [0.5, 0.6) is 0 Å². The number of nitro groups is 1. The van der Waals surface area contributed by atoms with Crippen molar-refractivity contribution in [1.82, 2.24) is 0 Å². The van der Waals surface area contributed by atoms with Crippen molar-refractivity contribution < 1.29 is 14.5 Å². The first-order valence-corrected chi connectivity index (χ1v) is 7.54. The van der Waals surface area contributed by atoms with Crippen molar-refractivity contribution in [3.8, 4) is 6.07 Å². The molecule has 23 heavy (non-hydrogen) atoms. The Balaban J connectivity index is 1.92. The fourth-order valence-corrected chi connectivity index (χ4v) is 3.99. The van der Waals surface area contributed by atoms with Crippen LogP contribution in [-0.2, 0) is 9.53 Å². The lowest BCUT2D eigenvalue weighted by Gasteiger charge is -2.26. The van der Waals surface area contributed by atoms with Gasteiger partial charge in [0.2, 0.25) is 0 Å². The monoisotopic (exact) mass is 315 g/mol.